The molecule has 5 heteroatoms. The zero-order valence-electron chi connectivity index (χ0n) is 8.71. The molecule has 2 aliphatic rings. The van der Waals surface area contributed by atoms with Crippen LogP contribution >= 0.6 is 0 Å². The molecule has 0 aromatic heterocycles. The van der Waals surface area contributed by atoms with E-state index in [0.717, 1.165) is 18.9 Å². The fourth-order valence-electron chi connectivity index (χ4n) is 1.68. The molecule has 5 nitrogen and oxygen atoms in total. The zero-order valence-corrected chi connectivity index (χ0v) is 8.71. The lowest BCUT2D eigenvalue weighted by Gasteiger charge is -2.23. The van der Waals surface area contributed by atoms with Crippen molar-refractivity contribution in [1.82, 2.24) is 16.0 Å². The Morgan fingerprint density at radius 2 is 2.27 bits per heavy atom. The predicted molar refractivity (Wildman–Crippen MR) is 55.2 cm³/mol. The van der Waals surface area contributed by atoms with Crippen molar-refractivity contribution in [3.8, 4) is 0 Å². The minimum Gasteiger partial charge on any atom is -0.355 e. The maximum absolute atomic E-state index is 11.6. The first kappa shape index (κ1) is 10.4. The quantitative estimate of drug-likeness (QED) is 0.558. The van der Waals surface area contributed by atoms with E-state index in [0.29, 0.717) is 6.54 Å². The third kappa shape index (κ3) is 3.20. The Balaban J connectivity index is 1.63. The monoisotopic (exact) mass is 211 g/mol. The highest BCUT2D eigenvalue weighted by atomic mass is 16.2. The Bertz CT molecular complexity index is 253. The zero-order chi connectivity index (χ0) is 10.7. The van der Waals surface area contributed by atoms with Crippen molar-refractivity contribution in [3.05, 3.63) is 0 Å². The molecule has 2 rings (SSSR count). The van der Waals surface area contributed by atoms with Crippen molar-refractivity contribution < 1.29 is 9.59 Å². The minimum absolute atomic E-state index is 0.00403. The molecule has 1 unspecified atom stereocenters. The highest BCUT2D eigenvalue weighted by Crippen LogP contribution is 2.31. The van der Waals surface area contributed by atoms with Gasteiger partial charge in [-0.25, -0.2) is 0 Å². The van der Waals surface area contributed by atoms with Gasteiger partial charge in [0.15, 0.2) is 0 Å². The second kappa shape index (κ2) is 4.61. The molecule has 2 fully saturated rings. The highest BCUT2D eigenvalue weighted by molar-refractivity contribution is 5.86. The molecule has 0 spiro atoms. The molecule has 0 aromatic carbocycles. The van der Waals surface area contributed by atoms with Crippen molar-refractivity contribution in [1.29, 1.82) is 0 Å². The summed E-state index contributed by atoms with van der Waals surface area (Å²) in [4.78, 5) is 22.4. The normalized spacial score (nSPS) is 25.9. The van der Waals surface area contributed by atoms with Gasteiger partial charge in [-0.1, -0.05) is 12.8 Å². The first-order chi connectivity index (χ1) is 7.25. The number of hydrogen-bond acceptors (Lipinski definition) is 3. The molecule has 1 atom stereocenters. The summed E-state index contributed by atoms with van der Waals surface area (Å²) in [6, 6.07) is -0.262. The van der Waals surface area contributed by atoms with Crippen LogP contribution < -0.4 is 16.0 Å². The molecule has 15 heavy (non-hydrogen) atoms. The summed E-state index contributed by atoms with van der Waals surface area (Å²) in [7, 11) is 0. The number of carbonyl (C=O) groups is 2. The number of hydrogen-bond donors (Lipinski definition) is 3. The summed E-state index contributed by atoms with van der Waals surface area (Å²) in [5.74, 6) is 0.789. The maximum atomic E-state index is 11.6. The van der Waals surface area contributed by atoms with Crippen LogP contribution in [0.25, 0.3) is 0 Å². The maximum Gasteiger partial charge on any atom is 0.238 e. The molecule has 2 amide bonds. The van der Waals surface area contributed by atoms with Gasteiger partial charge in [0.1, 0.15) is 6.04 Å². The summed E-state index contributed by atoms with van der Waals surface area (Å²) < 4.78 is 0. The number of amides is 2. The third-order valence-electron chi connectivity index (χ3n) is 2.88. The van der Waals surface area contributed by atoms with Gasteiger partial charge in [-0.3, -0.25) is 14.9 Å². The first-order valence-corrected chi connectivity index (χ1v) is 5.53. The van der Waals surface area contributed by atoms with Gasteiger partial charge in [-0.05, 0) is 12.3 Å². The largest absolute Gasteiger partial charge is 0.355 e. The van der Waals surface area contributed by atoms with Gasteiger partial charge in [0.05, 0.1) is 6.54 Å². The number of piperazine rings is 1. The van der Waals surface area contributed by atoms with E-state index in [1.54, 1.807) is 0 Å². The fourth-order valence-corrected chi connectivity index (χ4v) is 1.68. The van der Waals surface area contributed by atoms with Gasteiger partial charge in [0, 0.05) is 13.1 Å². The molecule has 1 heterocycles. The van der Waals surface area contributed by atoms with E-state index in [1.807, 2.05) is 0 Å². The molecule has 84 valence electrons. The van der Waals surface area contributed by atoms with Crippen LogP contribution in [0.15, 0.2) is 0 Å². The van der Waals surface area contributed by atoms with Crippen LogP contribution in [-0.2, 0) is 9.59 Å². The molecule has 1 aliphatic heterocycles. The van der Waals surface area contributed by atoms with Crippen LogP contribution in [0.1, 0.15) is 19.3 Å². The molecular weight excluding hydrogens is 194 g/mol. The van der Waals surface area contributed by atoms with Crippen LogP contribution in [0.3, 0.4) is 0 Å². The van der Waals surface area contributed by atoms with E-state index in [4.69, 9.17) is 0 Å². The van der Waals surface area contributed by atoms with E-state index in [2.05, 4.69) is 16.0 Å². The number of nitrogens with one attached hydrogen (secondary N) is 3. The van der Waals surface area contributed by atoms with E-state index in [1.165, 1.54) is 12.8 Å². The summed E-state index contributed by atoms with van der Waals surface area (Å²) in [5.41, 5.74) is 0. The standard InChI is InChI=1S/C10H17N3O2/c14-9-6-12-8(5-13-9)10(15)11-4-3-7-1-2-7/h7-8,12H,1-6H2,(H,11,15)(H,13,14). The molecule has 1 aliphatic carbocycles. The molecule has 1 saturated carbocycles. The Labute approximate surface area is 89.0 Å². The Kier molecular flexibility index (Phi) is 3.20. The van der Waals surface area contributed by atoms with E-state index >= 15 is 0 Å². The van der Waals surface area contributed by atoms with Gasteiger partial charge in [-0.2, -0.15) is 0 Å². The predicted octanol–water partition coefficient (Wildman–Crippen LogP) is -1.01. The van der Waals surface area contributed by atoms with E-state index in [-0.39, 0.29) is 24.4 Å². The van der Waals surface area contributed by atoms with Gasteiger partial charge in [0.2, 0.25) is 11.8 Å². The SMILES string of the molecule is O=C1CNC(C(=O)NCCC2CC2)CN1. The van der Waals surface area contributed by atoms with Crippen molar-refractivity contribution in [2.24, 2.45) is 5.92 Å². The first-order valence-electron chi connectivity index (χ1n) is 5.53. The van der Waals surface area contributed by atoms with Crippen molar-refractivity contribution in [2.75, 3.05) is 19.6 Å². The second-order valence-corrected chi connectivity index (χ2v) is 4.26. The Morgan fingerprint density at radius 3 is 2.87 bits per heavy atom. The van der Waals surface area contributed by atoms with Crippen LogP contribution in [-0.4, -0.2) is 37.5 Å². The van der Waals surface area contributed by atoms with Crippen LogP contribution in [0.4, 0.5) is 0 Å². The van der Waals surface area contributed by atoms with Crippen molar-refractivity contribution in [3.63, 3.8) is 0 Å². The smallest absolute Gasteiger partial charge is 0.238 e. The second-order valence-electron chi connectivity index (χ2n) is 4.26. The fraction of sp³-hybridized carbons (Fsp3) is 0.800. The van der Waals surface area contributed by atoms with Gasteiger partial charge in [0.25, 0.3) is 0 Å². The average molecular weight is 211 g/mol. The number of carbonyl (C=O) groups excluding carboxylic acids is 2. The molecule has 1 saturated heterocycles. The molecule has 0 radical (unpaired) electrons. The number of rotatable bonds is 4. The highest BCUT2D eigenvalue weighted by Gasteiger charge is 2.24. The summed E-state index contributed by atoms with van der Waals surface area (Å²) in [6.07, 6.45) is 3.71. The lowest BCUT2D eigenvalue weighted by atomic mass is 10.2. The van der Waals surface area contributed by atoms with Gasteiger partial charge < -0.3 is 10.6 Å². The van der Waals surface area contributed by atoms with E-state index < -0.39 is 0 Å². The summed E-state index contributed by atoms with van der Waals surface area (Å²) in [5, 5.41) is 8.45. The lowest BCUT2D eigenvalue weighted by Crippen LogP contribution is -2.58. The molecule has 0 bridgehead atoms. The summed E-state index contributed by atoms with van der Waals surface area (Å²) >= 11 is 0. The lowest BCUT2D eigenvalue weighted by molar-refractivity contribution is -0.126. The Hall–Kier alpha value is -1.10. The topological polar surface area (TPSA) is 70.2 Å². The van der Waals surface area contributed by atoms with Crippen LogP contribution in [0.5, 0.6) is 0 Å². The summed E-state index contributed by atoms with van der Waals surface area (Å²) in [6.45, 7) is 1.39. The van der Waals surface area contributed by atoms with Gasteiger partial charge in [-0.15, -0.1) is 0 Å². The molecule has 3 N–H and O–H groups in total. The molecular formula is C10H17N3O2. The van der Waals surface area contributed by atoms with E-state index in [9.17, 15) is 9.59 Å². The average Bonchev–Trinajstić information content (AvgIpc) is 3.02. The Morgan fingerprint density at radius 1 is 1.47 bits per heavy atom. The van der Waals surface area contributed by atoms with Crippen molar-refractivity contribution >= 4 is 11.8 Å². The molecule has 0 aromatic rings. The van der Waals surface area contributed by atoms with Crippen LogP contribution in [0.2, 0.25) is 0 Å². The van der Waals surface area contributed by atoms with Crippen molar-refractivity contribution in [2.45, 2.75) is 25.3 Å². The third-order valence-corrected chi connectivity index (χ3v) is 2.88. The van der Waals surface area contributed by atoms with Crippen LogP contribution in [0, 0.1) is 5.92 Å². The minimum atomic E-state index is -0.262. The van der Waals surface area contributed by atoms with Gasteiger partial charge >= 0.3 is 0 Å².